The SMILES string of the molecule is C[C@@H](Oc1ccc(C(=O)C2CC2)cc1)c1cc(-c2ccc(C(=O)NC(CO)CO)c(F)c2)ns1. The first-order valence-corrected chi connectivity index (χ1v) is 11.8. The molecule has 0 spiro atoms. The van der Waals surface area contributed by atoms with Crippen molar-refractivity contribution in [1.29, 1.82) is 0 Å². The van der Waals surface area contributed by atoms with E-state index in [9.17, 15) is 14.0 Å². The Hall–Kier alpha value is -3.14. The summed E-state index contributed by atoms with van der Waals surface area (Å²) in [5.74, 6) is -0.454. The first-order valence-electron chi connectivity index (χ1n) is 11.0. The van der Waals surface area contributed by atoms with Crippen LogP contribution in [-0.2, 0) is 0 Å². The Morgan fingerprint density at radius 1 is 1.15 bits per heavy atom. The van der Waals surface area contributed by atoms with Gasteiger partial charge in [-0.3, -0.25) is 9.59 Å². The van der Waals surface area contributed by atoms with Crippen LogP contribution in [0.2, 0.25) is 0 Å². The number of benzene rings is 2. The predicted octanol–water partition coefficient (Wildman–Crippen LogP) is 3.76. The second-order valence-corrected chi connectivity index (χ2v) is 9.10. The van der Waals surface area contributed by atoms with Crippen LogP contribution in [0.5, 0.6) is 5.75 Å². The highest BCUT2D eigenvalue weighted by Gasteiger charge is 2.30. The van der Waals surface area contributed by atoms with Gasteiger partial charge < -0.3 is 20.3 Å². The molecule has 1 aliphatic carbocycles. The van der Waals surface area contributed by atoms with Crippen LogP contribution in [0.3, 0.4) is 0 Å². The largest absolute Gasteiger partial charge is 0.485 e. The van der Waals surface area contributed by atoms with Crippen LogP contribution in [0.4, 0.5) is 4.39 Å². The van der Waals surface area contributed by atoms with E-state index in [1.807, 2.05) is 13.0 Å². The number of ketones is 1. The van der Waals surface area contributed by atoms with Crippen molar-refractivity contribution in [2.75, 3.05) is 13.2 Å². The molecule has 0 bridgehead atoms. The molecule has 9 heteroatoms. The van der Waals surface area contributed by atoms with Gasteiger partial charge in [0.1, 0.15) is 17.7 Å². The monoisotopic (exact) mass is 484 g/mol. The van der Waals surface area contributed by atoms with Gasteiger partial charge in [-0.1, -0.05) is 6.07 Å². The third kappa shape index (κ3) is 5.49. The molecule has 1 saturated carbocycles. The molecule has 1 atom stereocenters. The summed E-state index contributed by atoms with van der Waals surface area (Å²) in [6, 6.07) is 12.2. The topological polar surface area (TPSA) is 109 Å². The number of hydrogen-bond donors (Lipinski definition) is 3. The molecule has 0 radical (unpaired) electrons. The van der Waals surface area contributed by atoms with Gasteiger partial charge >= 0.3 is 0 Å². The summed E-state index contributed by atoms with van der Waals surface area (Å²) in [5.41, 5.74) is 1.57. The fourth-order valence-electron chi connectivity index (χ4n) is 3.43. The normalized spacial score (nSPS) is 14.1. The molecule has 2 aromatic carbocycles. The lowest BCUT2D eigenvalue weighted by molar-refractivity contribution is 0.0875. The van der Waals surface area contributed by atoms with Gasteiger partial charge in [0.15, 0.2) is 5.78 Å². The van der Waals surface area contributed by atoms with E-state index in [0.29, 0.717) is 22.6 Å². The van der Waals surface area contributed by atoms with Gasteiger partial charge in [0, 0.05) is 17.0 Å². The highest BCUT2D eigenvalue weighted by molar-refractivity contribution is 7.06. The highest BCUT2D eigenvalue weighted by Crippen LogP contribution is 2.34. The van der Waals surface area contributed by atoms with E-state index in [2.05, 4.69) is 9.69 Å². The summed E-state index contributed by atoms with van der Waals surface area (Å²) in [4.78, 5) is 25.2. The van der Waals surface area contributed by atoms with Gasteiger partial charge in [-0.2, -0.15) is 4.37 Å². The molecular weight excluding hydrogens is 459 g/mol. The molecule has 4 rings (SSSR count). The van der Waals surface area contributed by atoms with E-state index in [-0.39, 0.29) is 23.4 Å². The van der Waals surface area contributed by atoms with Gasteiger partial charge in [0.05, 0.1) is 35.4 Å². The van der Waals surface area contributed by atoms with Crippen molar-refractivity contribution in [3.63, 3.8) is 0 Å². The van der Waals surface area contributed by atoms with Crippen LogP contribution >= 0.6 is 11.5 Å². The van der Waals surface area contributed by atoms with Crippen LogP contribution in [-0.4, -0.2) is 45.5 Å². The van der Waals surface area contributed by atoms with Crippen molar-refractivity contribution in [3.05, 3.63) is 70.4 Å². The van der Waals surface area contributed by atoms with Crippen LogP contribution in [0, 0.1) is 11.7 Å². The molecular formula is C25H25FN2O5S. The van der Waals surface area contributed by atoms with Crippen molar-refractivity contribution in [3.8, 4) is 17.0 Å². The number of amides is 1. The third-order valence-electron chi connectivity index (χ3n) is 5.61. The maximum absolute atomic E-state index is 14.6. The summed E-state index contributed by atoms with van der Waals surface area (Å²) >= 11 is 1.24. The minimum atomic E-state index is -0.857. The number of nitrogens with one attached hydrogen (secondary N) is 1. The van der Waals surface area contributed by atoms with Crippen molar-refractivity contribution in [2.24, 2.45) is 5.92 Å². The first-order chi connectivity index (χ1) is 16.4. The Morgan fingerprint density at radius 3 is 2.47 bits per heavy atom. The zero-order valence-corrected chi connectivity index (χ0v) is 19.3. The lowest BCUT2D eigenvalue weighted by atomic mass is 10.1. The molecule has 3 aromatic rings. The maximum Gasteiger partial charge on any atom is 0.254 e. The predicted molar refractivity (Wildman–Crippen MR) is 125 cm³/mol. The van der Waals surface area contributed by atoms with Crippen LogP contribution in [0.15, 0.2) is 48.5 Å². The molecule has 1 aliphatic rings. The summed E-state index contributed by atoms with van der Waals surface area (Å²) in [6.45, 7) is 0.979. The Kier molecular flexibility index (Phi) is 7.35. The molecule has 7 nitrogen and oxygen atoms in total. The first kappa shape index (κ1) is 24.0. The molecule has 1 aromatic heterocycles. The number of Topliss-reactive ketones (excluding diaryl/α,β-unsaturated/α-hetero) is 1. The molecule has 0 aliphatic heterocycles. The number of carbonyl (C=O) groups is 2. The Bertz CT molecular complexity index is 1170. The van der Waals surface area contributed by atoms with E-state index >= 15 is 0 Å². The highest BCUT2D eigenvalue weighted by atomic mass is 32.1. The van der Waals surface area contributed by atoms with Crippen LogP contribution in [0.25, 0.3) is 11.3 Å². The molecule has 3 N–H and O–H groups in total. The van der Waals surface area contributed by atoms with Gasteiger partial charge in [0.2, 0.25) is 0 Å². The van der Waals surface area contributed by atoms with Crippen LogP contribution in [0.1, 0.15) is 51.5 Å². The number of aliphatic hydroxyl groups is 2. The van der Waals surface area contributed by atoms with E-state index in [0.717, 1.165) is 17.7 Å². The zero-order valence-electron chi connectivity index (χ0n) is 18.5. The summed E-state index contributed by atoms with van der Waals surface area (Å²) < 4.78 is 25.0. The van der Waals surface area contributed by atoms with E-state index in [1.165, 1.54) is 23.7 Å². The van der Waals surface area contributed by atoms with Crippen LogP contribution < -0.4 is 10.1 Å². The lowest BCUT2D eigenvalue weighted by Gasteiger charge is -2.14. The number of ether oxygens (including phenoxy) is 1. The van der Waals surface area contributed by atoms with E-state index in [1.54, 1.807) is 30.3 Å². The molecule has 0 unspecified atom stereocenters. The van der Waals surface area contributed by atoms with Gasteiger partial charge in [-0.05, 0) is 73.8 Å². The fourth-order valence-corrected chi connectivity index (χ4v) is 4.15. The van der Waals surface area contributed by atoms with Crippen molar-refractivity contribution in [1.82, 2.24) is 9.69 Å². The summed E-state index contributed by atoms with van der Waals surface area (Å²) in [5, 5.41) is 20.5. The second kappa shape index (κ2) is 10.4. The molecule has 178 valence electrons. The van der Waals surface area contributed by atoms with E-state index in [4.69, 9.17) is 14.9 Å². The smallest absolute Gasteiger partial charge is 0.254 e. The maximum atomic E-state index is 14.6. The number of carbonyl (C=O) groups excluding carboxylic acids is 2. The van der Waals surface area contributed by atoms with Gasteiger partial charge in [-0.25, -0.2) is 4.39 Å². The molecule has 1 heterocycles. The zero-order chi connectivity index (χ0) is 24.2. The standard InChI is InChI=1S/C25H25FN2O5S/c1-14(33-19-7-4-16(5-8-19)24(31)15-2-3-15)23-11-22(28-34-23)17-6-9-20(21(26)10-17)25(32)27-18(12-29)13-30/h4-11,14-15,18,29-30H,2-3,12-13H2,1H3,(H,27,32)/t14-/m1/s1. The molecule has 34 heavy (non-hydrogen) atoms. The quantitative estimate of drug-likeness (QED) is 0.378. The number of nitrogens with zero attached hydrogens (tertiary/aromatic N) is 1. The lowest BCUT2D eigenvalue weighted by Crippen LogP contribution is -2.40. The average Bonchev–Trinajstić information content (AvgIpc) is 3.58. The third-order valence-corrected chi connectivity index (χ3v) is 6.56. The number of rotatable bonds is 10. The second-order valence-electron chi connectivity index (χ2n) is 8.27. The number of hydrogen-bond acceptors (Lipinski definition) is 7. The molecule has 1 fully saturated rings. The Balaban J connectivity index is 1.41. The molecule has 1 amide bonds. The Labute approximate surface area is 200 Å². The summed E-state index contributed by atoms with van der Waals surface area (Å²) in [6.07, 6.45) is 1.63. The Morgan fingerprint density at radius 2 is 1.85 bits per heavy atom. The summed E-state index contributed by atoms with van der Waals surface area (Å²) in [7, 11) is 0. The van der Waals surface area contributed by atoms with Crippen molar-refractivity contribution in [2.45, 2.75) is 31.9 Å². The average molecular weight is 485 g/mol. The van der Waals surface area contributed by atoms with E-state index < -0.39 is 31.0 Å². The van der Waals surface area contributed by atoms with Crippen molar-refractivity contribution < 1.29 is 28.9 Å². The number of aromatic nitrogens is 1. The van der Waals surface area contributed by atoms with Gasteiger partial charge in [0.25, 0.3) is 5.91 Å². The number of aliphatic hydroxyl groups excluding tert-OH is 2. The minimum absolute atomic E-state index is 0.174. The minimum Gasteiger partial charge on any atom is -0.485 e. The fraction of sp³-hybridized carbons (Fsp3) is 0.320. The molecule has 0 saturated heterocycles. The van der Waals surface area contributed by atoms with Gasteiger partial charge in [-0.15, -0.1) is 0 Å². The van der Waals surface area contributed by atoms with Crippen molar-refractivity contribution >= 4 is 23.2 Å². The number of halogens is 1.